The smallest absolute Gasteiger partial charge is 0.422 e. The maximum atomic E-state index is 5.94. The zero-order chi connectivity index (χ0) is 16.4. The van der Waals surface area contributed by atoms with Crippen molar-refractivity contribution in [2.45, 2.75) is 32.5 Å². The normalized spacial score (nSPS) is 15.5. The summed E-state index contributed by atoms with van der Waals surface area (Å²) in [6.07, 6.45) is 0.983. The van der Waals surface area contributed by atoms with Crippen molar-refractivity contribution in [2.24, 2.45) is 0 Å². The van der Waals surface area contributed by atoms with Crippen LogP contribution in [0.1, 0.15) is 13.3 Å². The van der Waals surface area contributed by atoms with Gasteiger partial charge >= 0.3 is 17.6 Å². The Balaban J connectivity index is 4.00. The van der Waals surface area contributed by atoms with E-state index in [0.29, 0.717) is 6.61 Å². The fourth-order valence-electron chi connectivity index (χ4n) is 1.44. The maximum Gasteiger partial charge on any atom is 0.489 e. The molecule has 0 saturated heterocycles. The Bertz CT molecular complexity index is 301. The average Bonchev–Trinajstić information content (AvgIpc) is 2.45. The standard InChI is InChI=1S/C12H30O6Si3/c1-12(2)11-16-9-8-10-19-17-21(7,15-5)18-20(6,13-3)14-4/h1,8-11,19H2,2-7H3. The predicted octanol–water partition coefficient (Wildman–Crippen LogP) is 1.58. The Labute approximate surface area is 133 Å². The van der Waals surface area contributed by atoms with Gasteiger partial charge in [-0.05, 0) is 19.4 Å². The average molecular weight is 355 g/mol. The van der Waals surface area contributed by atoms with Gasteiger partial charge in [0, 0.05) is 41.0 Å². The first kappa shape index (κ1) is 21.2. The van der Waals surface area contributed by atoms with E-state index >= 15 is 0 Å². The van der Waals surface area contributed by atoms with Crippen molar-refractivity contribution < 1.29 is 26.2 Å². The van der Waals surface area contributed by atoms with E-state index in [0.717, 1.165) is 24.6 Å². The summed E-state index contributed by atoms with van der Waals surface area (Å²) in [6, 6.07) is 1.02. The zero-order valence-corrected chi connectivity index (χ0v) is 17.6. The van der Waals surface area contributed by atoms with Crippen LogP contribution in [0.15, 0.2) is 12.2 Å². The molecule has 9 heteroatoms. The van der Waals surface area contributed by atoms with Crippen LogP contribution in [0.5, 0.6) is 0 Å². The lowest BCUT2D eigenvalue weighted by molar-refractivity contribution is 0.115. The van der Waals surface area contributed by atoms with E-state index in [2.05, 4.69) is 6.58 Å². The van der Waals surface area contributed by atoms with Crippen molar-refractivity contribution in [2.75, 3.05) is 34.5 Å². The van der Waals surface area contributed by atoms with E-state index in [-0.39, 0.29) is 0 Å². The molecule has 0 bridgehead atoms. The minimum Gasteiger partial charge on any atom is -0.422 e. The topological polar surface area (TPSA) is 55.4 Å². The second-order valence-corrected chi connectivity index (χ2v) is 12.8. The number of hydrogen-bond donors (Lipinski definition) is 0. The lowest BCUT2D eigenvalue weighted by Crippen LogP contribution is -2.54. The highest BCUT2D eigenvalue weighted by Gasteiger charge is 2.45. The molecule has 0 N–H and O–H groups in total. The van der Waals surface area contributed by atoms with Crippen LogP contribution in [-0.2, 0) is 26.2 Å². The summed E-state index contributed by atoms with van der Waals surface area (Å²) in [5.41, 5.74) is 1.04. The quantitative estimate of drug-likeness (QED) is 0.284. The number of ether oxygens (including phenoxy) is 1. The number of hydrogen-bond acceptors (Lipinski definition) is 6. The van der Waals surface area contributed by atoms with E-state index in [1.807, 2.05) is 20.0 Å². The molecule has 0 heterocycles. The third-order valence-corrected chi connectivity index (χ3v) is 11.8. The van der Waals surface area contributed by atoms with Crippen molar-refractivity contribution in [3.63, 3.8) is 0 Å². The molecule has 0 amide bonds. The minimum absolute atomic E-state index is 0.627. The van der Waals surface area contributed by atoms with Crippen LogP contribution in [0.3, 0.4) is 0 Å². The fourth-order valence-corrected chi connectivity index (χ4v) is 9.01. The predicted molar refractivity (Wildman–Crippen MR) is 90.0 cm³/mol. The van der Waals surface area contributed by atoms with Crippen LogP contribution >= 0.6 is 0 Å². The molecular formula is C12H30O6Si3. The van der Waals surface area contributed by atoms with Crippen LogP contribution < -0.4 is 0 Å². The second-order valence-electron chi connectivity index (χ2n) is 5.00. The Morgan fingerprint density at radius 2 is 1.62 bits per heavy atom. The number of rotatable bonds is 13. The van der Waals surface area contributed by atoms with E-state index in [1.165, 1.54) is 0 Å². The highest BCUT2D eigenvalue weighted by molar-refractivity contribution is 6.75. The Morgan fingerprint density at radius 3 is 2.10 bits per heavy atom. The van der Waals surface area contributed by atoms with Crippen LogP contribution in [0, 0.1) is 0 Å². The molecule has 1 atom stereocenters. The van der Waals surface area contributed by atoms with E-state index in [4.69, 9.17) is 26.2 Å². The maximum absolute atomic E-state index is 5.94. The monoisotopic (exact) mass is 354 g/mol. The van der Waals surface area contributed by atoms with Gasteiger partial charge in [0.15, 0.2) is 9.76 Å². The van der Waals surface area contributed by atoms with Crippen molar-refractivity contribution in [1.29, 1.82) is 0 Å². The molecular weight excluding hydrogens is 324 g/mol. The molecule has 0 saturated carbocycles. The molecule has 0 aromatic heterocycles. The van der Waals surface area contributed by atoms with Gasteiger partial charge in [0.2, 0.25) is 0 Å². The molecule has 21 heavy (non-hydrogen) atoms. The summed E-state index contributed by atoms with van der Waals surface area (Å²) < 4.78 is 33.4. The van der Waals surface area contributed by atoms with Gasteiger partial charge in [-0.1, -0.05) is 12.2 Å². The van der Waals surface area contributed by atoms with Gasteiger partial charge < -0.3 is 26.2 Å². The van der Waals surface area contributed by atoms with Crippen molar-refractivity contribution in [1.82, 2.24) is 0 Å². The molecule has 0 aliphatic carbocycles. The summed E-state index contributed by atoms with van der Waals surface area (Å²) >= 11 is 0. The molecule has 0 aromatic rings. The molecule has 0 spiro atoms. The van der Waals surface area contributed by atoms with E-state index in [9.17, 15) is 0 Å². The minimum atomic E-state index is -2.67. The molecule has 0 aromatic carbocycles. The molecule has 0 fully saturated rings. The highest BCUT2D eigenvalue weighted by atomic mass is 28.5. The molecule has 0 aliphatic heterocycles. The Kier molecular flexibility index (Phi) is 10.9. The van der Waals surface area contributed by atoms with Gasteiger partial charge in [0.1, 0.15) is 0 Å². The van der Waals surface area contributed by atoms with Crippen molar-refractivity contribution in [3.8, 4) is 0 Å². The van der Waals surface area contributed by atoms with Crippen molar-refractivity contribution in [3.05, 3.63) is 12.2 Å². The van der Waals surface area contributed by atoms with Crippen LogP contribution in [0.25, 0.3) is 0 Å². The first-order chi connectivity index (χ1) is 9.81. The molecule has 6 nitrogen and oxygen atoms in total. The summed E-state index contributed by atoms with van der Waals surface area (Å²) in [5.74, 6) is 0. The molecule has 1 unspecified atom stereocenters. The van der Waals surface area contributed by atoms with Gasteiger partial charge in [-0.15, -0.1) is 0 Å². The molecule has 0 rings (SSSR count). The Hall–Kier alpha value is 0.151. The summed E-state index contributed by atoms with van der Waals surface area (Å²) in [4.78, 5) is 0. The Morgan fingerprint density at radius 1 is 1.05 bits per heavy atom. The van der Waals surface area contributed by atoms with Crippen molar-refractivity contribution >= 4 is 27.4 Å². The van der Waals surface area contributed by atoms with Crippen LogP contribution in [0.2, 0.25) is 19.1 Å². The van der Waals surface area contributed by atoms with Crippen LogP contribution in [-0.4, -0.2) is 61.9 Å². The van der Waals surface area contributed by atoms with E-state index < -0.39 is 27.4 Å². The first-order valence-corrected chi connectivity index (χ1v) is 13.0. The van der Waals surface area contributed by atoms with Crippen LogP contribution in [0.4, 0.5) is 0 Å². The summed E-state index contributed by atoms with van der Waals surface area (Å²) in [7, 11) is -1.26. The zero-order valence-electron chi connectivity index (χ0n) is 14.2. The third-order valence-electron chi connectivity index (χ3n) is 2.88. The van der Waals surface area contributed by atoms with Gasteiger partial charge in [0.25, 0.3) is 0 Å². The van der Waals surface area contributed by atoms with E-state index in [1.54, 1.807) is 21.3 Å². The molecule has 0 aliphatic rings. The SMILES string of the molecule is C=C(C)COCCC[SiH2]O[Si](C)(OC)O[Si](C)(OC)OC. The van der Waals surface area contributed by atoms with Gasteiger partial charge in [-0.3, -0.25) is 0 Å². The molecule has 126 valence electrons. The third kappa shape index (κ3) is 9.71. The first-order valence-electron chi connectivity index (χ1n) is 7.02. The highest BCUT2D eigenvalue weighted by Crippen LogP contribution is 2.17. The summed E-state index contributed by atoms with van der Waals surface area (Å²) in [5, 5.41) is 0. The second kappa shape index (κ2) is 10.8. The lowest BCUT2D eigenvalue weighted by atomic mass is 10.4. The van der Waals surface area contributed by atoms with Gasteiger partial charge in [-0.25, -0.2) is 0 Å². The molecule has 0 radical (unpaired) electrons. The fraction of sp³-hybridized carbons (Fsp3) is 0.833. The lowest BCUT2D eigenvalue weighted by Gasteiger charge is -2.32. The largest absolute Gasteiger partial charge is 0.489 e. The van der Waals surface area contributed by atoms with Gasteiger partial charge in [0.05, 0.1) is 6.61 Å². The summed E-state index contributed by atoms with van der Waals surface area (Å²) in [6.45, 7) is 10.8. The van der Waals surface area contributed by atoms with Gasteiger partial charge in [-0.2, -0.15) is 0 Å².